The fourth-order valence-corrected chi connectivity index (χ4v) is 1.53. The maximum absolute atomic E-state index is 5.43. The highest BCUT2D eigenvalue weighted by Gasteiger charge is 1.93. The molecule has 0 saturated heterocycles. The van der Waals surface area contributed by atoms with Crippen LogP contribution >= 0.6 is 0 Å². The Labute approximate surface area is 116 Å². The normalized spacial score (nSPS) is 12.3. The molecule has 1 rings (SSSR count). The fraction of sp³-hybridized carbons (Fsp3) is 0.375. The summed E-state index contributed by atoms with van der Waals surface area (Å²) in [5.41, 5.74) is 5.11. The quantitative estimate of drug-likeness (QED) is 0.441. The van der Waals surface area contributed by atoms with Crippen molar-refractivity contribution in [2.45, 2.75) is 13.3 Å². The van der Waals surface area contributed by atoms with Gasteiger partial charge >= 0.3 is 0 Å². The molecule has 0 fully saturated rings. The van der Waals surface area contributed by atoms with Gasteiger partial charge in [0.05, 0.1) is 12.3 Å². The lowest BCUT2D eigenvalue weighted by atomic mass is 10.2. The van der Waals surface area contributed by atoms with Crippen LogP contribution in [0.4, 0.5) is 0 Å². The second kappa shape index (κ2) is 9.36. The second-order valence-corrected chi connectivity index (χ2v) is 4.60. The van der Waals surface area contributed by atoms with Crippen LogP contribution in [0.2, 0.25) is 0 Å². The minimum absolute atomic E-state index is 0.703. The number of hydrogen-bond donors (Lipinski definition) is 1. The SMILES string of the molecule is CC=C(C=Cc1ccccc1)NOCCCN(C)C. The number of nitrogens with zero attached hydrogens (tertiary/aromatic N) is 1. The Morgan fingerprint density at radius 2 is 2.00 bits per heavy atom. The molecule has 0 unspecified atom stereocenters. The molecular formula is C16H24N2O. The summed E-state index contributed by atoms with van der Waals surface area (Å²) in [6.07, 6.45) is 7.08. The Kier molecular flexibility index (Phi) is 7.63. The van der Waals surface area contributed by atoms with Gasteiger partial charge < -0.3 is 4.90 Å². The molecule has 1 N–H and O–H groups in total. The van der Waals surface area contributed by atoms with Gasteiger partial charge in [0.15, 0.2) is 0 Å². The zero-order chi connectivity index (χ0) is 13.9. The molecule has 0 atom stereocenters. The van der Waals surface area contributed by atoms with Crippen LogP contribution in [-0.2, 0) is 4.84 Å². The van der Waals surface area contributed by atoms with Crippen LogP contribution in [0.3, 0.4) is 0 Å². The van der Waals surface area contributed by atoms with Gasteiger partial charge in [0, 0.05) is 0 Å². The van der Waals surface area contributed by atoms with Crippen molar-refractivity contribution in [3.8, 4) is 0 Å². The molecule has 1 aromatic rings. The van der Waals surface area contributed by atoms with E-state index in [4.69, 9.17) is 4.84 Å². The zero-order valence-corrected chi connectivity index (χ0v) is 12.1. The molecule has 0 saturated carbocycles. The van der Waals surface area contributed by atoms with Crippen LogP contribution in [0, 0.1) is 0 Å². The van der Waals surface area contributed by atoms with Crippen molar-refractivity contribution in [3.63, 3.8) is 0 Å². The molecule has 0 bridgehead atoms. The predicted octanol–water partition coefficient (Wildman–Crippen LogP) is 3.08. The Morgan fingerprint density at radius 3 is 2.63 bits per heavy atom. The predicted molar refractivity (Wildman–Crippen MR) is 81.5 cm³/mol. The third-order valence-corrected chi connectivity index (χ3v) is 2.61. The van der Waals surface area contributed by atoms with E-state index >= 15 is 0 Å². The number of rotatable bonds is 8. The molecule has 104 valence electrons. The molecule has 0 aliphatic rings. The highest BCUT2D eigenvalue weighted by atomic mass is 16.6. The lowest BCUT2D eigenvalue weighted by molar-refractivity contribution is 0.0600. The topological polar surface area (TPSA) is 24.5 Å². The van der Waals surface area contributed by atoms with Gasteiger partial charge in [-0.3, -0.25) is 10.3 Å². The summed E-state index contributed by atoms with van der Waals surface area (Å²) < 4.78 is 0. The molecular weight excluding hydrogens is 236 g/mol. The van der Waals surface area contributed by atoms with E-state index in [1.54, 1.807) is 0 Å². The monoisotopic (exact) mass is 260 g/mol. The second-order valence-electron chi connectivity index (χ2n) is 4.60. The van der Waals surface area contributed by atoms with Gasteiger partial charge in [0.2, 0.25) is 0 Å². The van der Waals surface area contributed by atoms with E-state index in [1.165, 1.54) is 5.56 Å². The summed E-state index contributed by atoms with van der Waals surface area (Å²) in [6.45, 7) is 3.72. The summed E-state index contributed by atoms with van der Waals surface area (Å²) in [5, 5.41) is 0. The van der Waals surface area contributed by atoms with Crippen LogP contribution in [-0.4, -0.2) is 32.1 Å². The van der Waals surface area contributed by atoms with E-state index in [0.717, 1.165) is 18.7 Å². The van der Waals surface area contributed by atoms with Gasteiger partial charge in [-0.25, -0.2) is 0 Å². The summed E-state index contributed by atoms with van der Waals surface area (Å²) in [7, 11) is 4.13. The van der Waals surface area contributed by atoms with Crippen molar-refractivity contribution in [2.24, 2.45) is 0 Å². The largest absolute Gasteiger partial charge is 0.309 e. The molecule has 0 amide bonds. The highest BCUT2D eigenvalue weighted by Crippen LogP contribution is 2.03. The molecule has 3 heteroatoms. The molecule has 0 radical (unpaired) electrons. The van der Waals surface area contributed by atoms with E-state index < -0.39 is 0 Å². The minimum Gasteiger partial charge on any atom is -0.309 e. The Morgan fingerprint density at radius 1 is 1.26 bits per heavy atom. The van der Waals surface area contributed by atoms with Crippen molar-refractivity contribution < 1.29 is 4.84 Å². The van der Waals surface area contributed by atoms with Crippen LogP contribution in [0.15, 0.2) is 48.2 Å². The Bertz CT molecular complexity index is 396. The standard InChI is InChI=1S/C16H24N2O/c1-4-16(17-19-14-8-13-18(2)3)12-11-15-9-6-5-7-10-15/h4-7,9-12,17H,8,13-14H2,1-3H3. The minimum atomic E-state index is 0.703. The fourth-order valence-electron chi connectivity index (χ4n) is 1.53. The molecule has 0 aliphatic carbocycles. The first-order valence-electron chi connectivity index (χ1n) is 6.64. The molecule has 3 nitrogen and oxygen atoms in total. The summed E-state index contributed by atoms with van der Waals surface area (Å²) in [4.78, 5) is 7.58. The average Bonchev–Trinajstić information content (AvgIpc) is 2.42. The maximum atomic E-state index is 5.43. The molecule has 19 heavy (non-hydrogen) atoms. The van der Waals surface area contributed by atoms with Gasteiger partial charge in [0.25, 0.3) is 0 Å². The zero-order valence-electron chi connectivity index (χ0n) is 12.1. The number of hydroxylamine groups is 1. The smallest absolute Gasteiger partial charge is 0.0758 e. The first-order valence-corrected chi connectivity index (χ1v) is 6.64. The summed E-state index contributed by atoms with van der Waals surface area (Å²) in [5.74, 6) is 0. The molecule has 0 heterocycles. The van der Waals surface area contributed by atoms with Crippen molar-refractivity contribution in [1.82, 2.24) is 10.4 Å². The highest BCUT2D eigenvalue weighted by molar-refractivity contribution is 5.52. The van der Waals surface area contributed by atoms with Crippen LogP contribution in [0.25, 0.3) is 6.08 Å². The lowest BCUT2D eigenvalue weighted by Crippen LogP contribution is -2.18. The van der Waals surface area contributed by atoms with Gasteiger partial charge in [0.1, 0.15) is 0 Å². The van der Waals surface area contributed by atoms with Gasteiger partial charge in [-0.05, 0) is 45.6 Å². The number of benzene rings is 1. The molecule has 0 spiro atoms. The lowest BCUT2D eigenvalue weighted by Gasteiger charge is -2.10. The van der Waals surface area contributed by atoms with Crippen LogP contribution in [0.5, 0.6) is 0 Å². The molecule has 0 aliphatic heterocycles. The van der Waals surface area contributed by atoms with Crippen molar-refractivity contribution in [1.29, 1.82) is 0 Å². The molecule has 1 aromatic carbocycles. The van der Waals surface area contributed by atoms with E-state index in [1.807, 2.05) is 37.3 Å². The van der Waals surface area contributed by atoms with Gasteiger partial charge in [-0.2, -0.15) is 0 Å². The number of allylic oxidation sites excluding steroid dienone is 2. The number of nitrogens with one attached hydrogen (secondary N) is 1. The first kappa shape index (κ1) is 15.5. The van der Waals surface area contributed by atoms with E-state index in [9.17, 15) is 0 Å². The van der Waals surface area contributed by atoms with Gasteiger partial charge in [-0.15, -0.1) is 0 Å². The van der Waals surface area contributed by atoms with Crippen molar-refractivity contribution >= 4 is 6.08 Å². The van der Waals surface area contributed by atoms with Crippen LogP contribution in [0.1, 0.15) is 18.9 Å². The first-order chi connectivity index (χ1) is 9.22. The summed E-state index contributed by atoms with van der Waals surface area (Å²) in [6, 6.07) is 10.2. The molecule has 0 aromatic heterocycles. The van der Waals surface area contributed by atoms with Crippen molar-refractivity contribution in [3.05, 3.63) is 53.7 Å². The van der Waals surface area contributed by atoms with E-state index in [0.29, 0.717) is 6.61 Å². The van der Waals surface area contributed by atoms with Crippen LogP contribution < -0.4 is 5.48 Å². The van der Waals surface area contributed by atoms with E-state index in [-0.39, 0.29) is 0 Å². The maximum Gasteiger partial charge on any atom is 0.0758 e. The van der Waals surface area contributed by atoms with Crippen molar-refractivity contribution in [2.75, 3.05) is 27.2 Å². The van der Waals surface area contributed by atoms with Gasteiger partial charge in [-0.1, -0.05) is 42.5 Å². The third kappa shape index (κ3) is 7.44. The number of hydrogen-bond acceptors (Lipinski definition) is 3. The van der Waals surface area contributed by atoms with E-state index in [2.05, 4.69) is 42.7 Å². The summed E-state index contributed by atoms with van der Waals surface area (Å²) >= 11 is 0. The average molecular weight is 260 g/mol. The Hall–Kier alpha value is -1.58. The third-order valence-electron chi connectivity index (χ3n) is 2.61. The Balaban J connectivity index is 2.29.